The molecule has 4 aromatic carbocycles. The van der Waals surface area contributed by atoms with Gasteiger partial charge in [-0.2, -0.15) is 13.2 Å². The Morgan fingerprint density at radius 2 is 0.857 bits per heavy atom. The molecule has 10 heteroatoms. The minimum atomic E-state index is -4.58. The van der Waals surface area contributed by atoms with E-state index in [1.807, 2.05) is 0 Å². The molecule has 0 radical (unpaired) electrons. The van der Waals surface area contributed by atoms with Crippen LogP contribution >= 0.6 is 0 Å². The Balaban J connectivity index is 0.00000155. The average molecular weight is 603 g/mol. The first-order valence-corrected chi connectivity index (χ1v) is 14.5. The largest absolute Gasteiger partial charge is 0.497 e. The molecule has 224 valence electrons. The van der Waals surface area contributed by atoms with Crippen LogP contribution in [-0.2, 0) is 15.3 Å². The van der Waals surface area contributed by atoms with Crippen molar-refractivity contribution in [2.45, 2.75) is 48.6 Å². The smallest absolute Gasteiger partial charge is 0.402 e. The van der Waals surface area contributed by atoms with E-state index in [1.165, 1.54) is 106 Å². The number of rotatable bonds is 9. The van der Waals surface area contributed by atoms with Gasteiger partial charge in [0.2, 0.25) is 9.84 Å². The molecule has 0 aliphatic heterocycles. The van der Waals surface area contributed by atoms with Crippen LogP contribution in [0.1, 0.15) is 38.3 Å². The van der Waals surface area contributed by atoms with E-state index in [1.54, 1.807) is 12.1 Å². The zero-order valence-electron chi connectivity index (χ0n) is 23.9. The summed E-state index contributed by atoms with van der Waals surface area (Å²) in [6, 6.07) is 22.7. The molecule has 0 fully saturated rings. The maximum Gasteiger partial charge on any atom is 0.402 e. The molecule has 0 heterocycles. The molecule has 42 heavy (non-hydrogen) atoms. The molecule has 0 saturated heterocycles. The fourth-order valence-electron chi connectivity index (χ4n) is 3.92. The summed E-state index contributed by atoms with van der Waals surface area (Å²) in [4.78, 5) is 10.7. The predicted octanol–water partition coefficient (Wildman–Crippen LogP) is 8.19. The molecular formula is C32H33F3O6S. The number of sulfone groups is 1. The van der Waals surface area contributed by atoms with Crippen molar-refractivity contribution < 1.29 is 40.8 Å². The van der Waals surface area contributed by atoms with E-state index in [0.29, 0.717) is 11.5 Å². The van der Waals surface area contributed by atoms with Gasteiger partial charge in [0.15, 0.2) is 11.5 Å². The summed E-state index contributed by atoms with van der Waals surface area (Å²) in [5.74, 6) is 1.35. The molecule has 0 spiro atoms. The van der Waals surface area contributed by atoms with E-state index < -0.39 is 21.4 Å². The highest BCUT2D eigenvalue weighted by molar-refractivity contribution is 7.91. The molecule has 0 saturated carbocycles. The van der Waals surface area contributed by atoms with Crippen LogP contribution in [0.25, 0.3) is 0 Å². The van der Waals surface area contributed by atoms with Crippen LogP contribution in [0.3, 0.4) is 0 Å². The van der Waals surface area contributed by atoms with E-state index in [2.05, 4.69) is 13.8 Å². The number of hydrogen-bond acceptors (Lipinski definition) is 6. The van der Waals surface area contributed by atoms with Crippen molar-refractivity contribution in [2.24, 2.45) is 0 Å². The predicted molar refractivity (Wildman–Crippen MR) is 154 cm³/mol. The molecule has 0 N–H and O–H groups in total. The average Bonchev–Trinajstić information content (AvgIpc) is 3.00. The Morgan fingerprint density at radius 1 is 0.571 bits per heavy atom. The SMILES string of the molecule is CCC.COc1ccc(C(C)(c2ccc(OOc3ccc(S(=O)(=O)c4ccc(OC)cc4)cc3)cc2)C(F)(F)F)cc1. The second-order valence-electron chi connectivity index (χ2n) is 9.40. The van der Waals surface area contributed by atoms with Crippen molar-refractivity contribution in [1.82, 2.24) is 0 Å². The van der Waals surface area contributed by atoms with Crippen LogP contribution in [0.4, 0.5) is 13.2 Å². The molecule has 4 aromatic rings. The fraction of sp³-hybridized carbons (Fsp3) is 0.250. The van der Waals surface area contributed by atoms with Gasteiger partial charge in [-0.1, -0.05) is 44.5 Å². The van der Waals surface area contributed by atoms with Gasteiger partial charge in [-0.15, -0.1) is 0 Å². The van der Waals surface area contributed by atoms with Crippen LogP contribution in [0.5, 0.6) is 23.0 Å². The first-order valence-electron chi connectivity index (χ1n) is 13.1. The summed E-state index contributed by atoms with van der Waals surface area (Å²) in [6.07, 6.45) is -3.33. The van der Waals surface area contributed by atoms with E-state index in [0.717, 1.165) is 6.92 Å². The fourth-order valence-corrected chi connectivity index (χ4v) is 5.18. The number of ether oxygens (including phenoxy) is 2. The van der Waals surface area contributed by atoms with Crippen LogP contribution in [-0.4, -0.2) is 28.8 Å². The number of halogens is 3. The monoisotopic (exact) mass is 602 g/mol. The van der Waals surface area contributed by atoms with Crippen molar-refractivity contribution in [3.63, 3.8) is 0 Å². The second-order valence-corrected chi connectivity index (χ2v) is 11.3. The lowest BCUT2D eigenvalue weighted by Crippen LogP contribution is -2.40. The quantitative estimate of drug-likeness (QED) is 0.142. The highest BCUT2D eigenvalue weighted by Crippen LogP contribution is 2.46. The summed E-state index contributed by atoms with van der Waals surface area (Å²) < 4.78 is 78.6. The van der Waals surface area contributed by atoms with Gasteiger partial charge in [0.05, 0.1) is 24.0 Å². The lowest BCUT2D eigenvalue weighted by Gasteiger charge is -2.33. The van der Waals surface area contributed by atoms with Crippen LogP contribution in [0.15, 0.2) is 107 Å². The van der Waals surface area contributed by atoms with Crippen molar-refractivity contribution in [2.75, 3.05) is 14.2 Å². The molecule has 1 unspecified atom stereocenters. The number of benzene rings is 4. The Morgan fingerprint density at radius 3 is 1.17 bits per heavy atom. The van der Waals surface area contributed by atoms with Gasteiger partial charge >= 0.3 is 6.18 Å². The summed E-state index contributed by atoms with van der Waals surface area (Å²) in [7, 11) is -0.828. The van der Waals surface area contributed by atoms with Gasteiger partial charge in [-0.25, -0.2) is 8.42 Å². The third-order valence-electron chi connectivity index (χ3n) is 6.40. The Labute approximate surface area is 244 Å². The third kappa shape index (κ3) is 7.17. The lowest BCUT2D eigenvalue weighted by molar-refractivity contribution is -0.173. The first kappa shape index (κ1) is 32.3. The Bertz CT molecular complexity index is 1520. The Hall–Kier alpha value is -4.18. The van der Waals surface area contributed by atoms with Crippen molar-refractivity contribution >= 4 is 9.84 Å². The van der Waals surface area contributed by atoms with E-state index >= 15 is 0 Å². The zero-order chi connectivity index (χ0) is 31.0. The third-order valence-corrected chi connectivity index (χ3v) is 8.19. The van der Waals surface area contributed by atoms with Gasteiger partial charge in [0.1, 0.15) is 16.9 Å². The second kappa shape index (κ2) is 13.7. The molecule has 0 aromatic heterocycles. The van der Waals surface area contributed by atoms with Crippen molar-refractivity contribution in [3.05, 3.63) is 108 Å². The van der Waals surface area contributed by atoms with Crippen LogP contribution in [0, 0.1) is 0 Å². The Kier molecular flexibility index (Phi) is 10.5. The molecule has 0 amide bonds. The van der Waals surface area contributed by atoms with Gasteiger partial charge in [-0.05, 0) is 90.8 Å². The molecule has 0 bridgehead atoms. The molecule has 6 nitrogen and oxygen atoms in total. The van der Waals surface area contributed by atoms with Gasteiger partial charge in [0.25, 0.3) is 0 Å². The van der Waals surface area contributed by atoms with Crippen molar-refractivity contribution in [3.8, 4) is 23.0 Å². The summed E-state index contributed by atoms with van der Waals surface area (Å²) in [5.41, 5.74) is -2.20. The molecular weight excluding hydrogens is 569 g/mol. The van der Waals surface area contributed by atoms with Crippen LogP contribution < -0.4 is 19.2 Å². The van der Waals surface area contributed by atoms with Crippen molar-refractivity contribution in [1.29, 1.82) is 0 Å². The molecule has 1 atom stereocenters. The van der Waals surface area contributed by atoms with E-state index in [-0.39, 0.29) is 32.4 Å². The zero-order valence-corrected chi connectivity index (χ0v) is 24.8. The van der Waals surface area contributed by atoms with Crippen LogP contribution in [0.2, 0.25) is 0 Å². The van der Waals surface area contributed by atoms with E-state index in [4.69, 9.17) is 19.2 Å². The summed E-state index contributed by atoms with van der Waals surface area (Å²) in [6.45, 7) is 5.36. The highest BCUT2D eigenvalue weighted by atomic mass is 32.2. The first-order chi connectivity index (χ1) is 19.9. The summed E-state index contributed by atoms with van der Waals surface area (Å²) >= 11 is 0. The molecule has 0 aliphatic carbocycles. The number of hydrogen-bond donors (Lipinski definition) is 0. The normalized spacial score (nSPS) is 12.8. The molecule has 4 rings (SSSR count). The minimum Gasteiger partial charge on any atom is -0.497 e. The van der Waals surface area contributed by atoms with E-state index in [9.17, 15) is 21.6 Å². The number of alkyl halides is 3. The standard InChI is InChI=1S/C29H25F3O6S.C3H8/c1-28(29(30,31)32,20-4-8-22(35-2)9-5-20)21-6-10-24(11-7-21)37-38-25-14-18-27(19-15-25)39(33,34)26-16-12-23(36-3)13-17-26;1-3-2/h4-19H,1-3H3;3H2,1-2H3. The highest BCUT2D eigenvalue weighted by Gasteiger charge is 2.53. The van der Waals surface area contributed by atoms with Gasteiger partial charge in [0, 0.05) is 0 Å². The topological polar surface area (TPSA) is 71.1 Å². The maximum atomic E-state index is 14.3. The lowest BCUT2D eigenvalue weighted by atomic mass is 9.75. The maximum absolute atomic E-state index is 14.3. The number of methoxy groups -OCH3 is 2. The van der Waals surface area contributed by atoms with Gasteiger partial charge < -0.3 is 9.47 Å². The summed E-state index contributed by atoms with van der Waals surface area (Å²) in [5, 5.41) is 0. The molecule has 0 aliphatic rings. The minimum absolute atomic E-state index is 0.0145. The van der Waals surface area contributed by atoms with Gasteiger partial charge in [-0.3, -0.25) is 9.78 Å².